The summed E-state index contributed by atoms with van der Waals surface area (Å²) >= 11 is 5.71. The lowest BCUT2D eigenvalue weighted by molar-refractivity contribution is 0.281. The molecule has 0 atom stereocenters. The average molecular weight is 312 g/mol. The van der Waals surface area contributed by atoms with Crippen molar-refractivity contribution in [2.24, 2.45) is 0 Å². The Labute approximate surface area is 127 Å². The van der Waals surface area contributed by atoms with Gasteiger partial charge in [0.25, 0.3) is 0 Å². The highest BCUT2D eigenvalue weighted by atomic mass is 35.5. The molecule has 21 heavy (non-hydrogen) atoms. The fraction of sp³-hybridized carbons (Fsp3) is 0.250. The number of para-hydroxylation sites is 1. The van der Waals surface area contributed by atoms with Crippen LogP contribution in [0.4, 0.5) is 8.78 Å². The van der Waals surface area contributed by atoms with Crippen LogP contribution in [0.1, 0.15) is 18.1 Å². The first-order valence-electron chi connectivity index (χ1n) is 6.67. The summed E-state index contributed by atoms with van der Waals surface area (Å²) in [5, 5.41) is 3.13. The molecule has 0 aliphatic heterocycles. The summed E-state index contributed by atoms with van der Waals surface area (Å²) < 4.78 is 33.2. The summed E-state index contributed by atoms with van der Waals surface area (Å²) in [6.07, 6.45) is 0. The van der Waals surface area contributed by atoms with Gasteiger partial charge in [0.05, 0.1) is 5.02 Å². The third-order valence-electron chi connectivity index (χ3n) is 3.02. The molecule has 1 N–H and O–H groups in total. The molecule has 0 saturated carbocycles. The van der Waals surface area contributed by atoms with Gasteiger partial charge in [-0.2, -0.15) is 0 Å². The molecule has 2 nitrogen and oxygen atoms in total. The van der Waals surface area contributed by atoms with Crippen molar-refractivity contribution in [3.63, 3.8) is 0 Å². The molecule has 2 rings (SSSR count). The maximum absolute atomic E-state index is 13.9. The number of halogens is 3. The van der Waals surface area contributed by atoms with Crippen molar-refractivity contribution < 1.29 is 13.5 Å². The first-order chi connectivity index (χ1) is 10.1. The molecule has 0 aliphatic carbocycles. The minimum absolute atomic E-state index is 0.0255. The number of hydrogen-bond acceptors (Lipinski definition) is 2. The fourth-order valence-corrected chi connectivity index (χ4v) is 2.12. The minimum atomic E-state index is -0.538. The molecule has 0 aromatic heterocycles. The second-order valence-electron chi connectivity index (χ2n) is 4.51. The smallest absolute Gasteiger partial charge is 0.165 e. The van der Waals surface area contributed by atoms with Crippen molar-refractivity contribution in [1.82, 2.24) is 5.32 Å². The van der Waals surface area contributed by atoms with E-state index in [1.807, 2.05) is 6.92 Å². The van der Waals surface area contributed by atoms with Gasteiger partial charge in [-0.15, -0.1) is 0 Å². The molecular weight excluding hydrogens is 296 g/mol. The molecule has 0 fully saturated rings. The van der Waals surface area contributed by atoms with E-state index >= 15 is 0 Å². The van der Waals surface area contributed by atoms with Crippen molar-refractivity contribution in [2.75, 3.05) is 6.54 Å². The van der Waals surface area contributed by atoms with Crippen LogP contribution in [0.2, 0.25) is 5.02 Å². The van der Waals surface area contributed by atoms with Gasteiger partial charge in [0.2, 0.25) is 0 Å². The van der Waals surface area contributed by atoms with Crippen LogP contribution >= 0.6 is 11.6 Å². The highest BCUT2D eigenvalue weighted by Crippen LogP contribution is 2.25. The molecule has 0 heterocycles. The highest BCUT2D eigenvalue weighted by molar-refractivity contribution is 6.30. The van der Waals surface area contributed by atoms with Crippen LogP contribution in [0.5, 0.6) is 5.75 Å². The molecule has 0 amide bonds. The molecule has 2 aromatic rings. The Morgan fingerprint density at radius 3 is 2.57 bits per heavy atom. The van der Waals surface area contributed by atoms with Crippen LogP contribution in [0, 0.1) is 11.6 Å². The molecule has 2 aromatic carbocycles. The Hall–Kier alpha value is -1.65. The zero-order valence-corrected chi connectivity index (χ0v) is 12.4. The van der Waals surface area contributed by atoms with E-state index in [1.165, 1.54) is 12.1 Å². The molecule has 0 spiro atoms. The zero-order valence-electron chi connectivity index (χ0n) is 11.6. The van der Waals surface area contributed by atoms with Gasteiger partial charge in [0, 0.05) is 17.7 Å². The number of nitrogens with one attached hydrogen (secondary N) is 1. The van der Waals surface area contributed by atoms with E-state index in [0.717, 1.165) is 6.54 Å². The van der Waals surface area contributed by atoms with Gasteiger partial charge in [-0.25, -0.2) is 8.78 Å². The van der Waals surface area contributed by atoms with Gasteiger partial charge in [-0.1, -0.05) is 42.8 Å². The van der Waals surface area contributed by atoms with Crippen LogP contribution in [0.15, 0.2) is 36.4 Å². The summed E-state index contributed by atoms with van der Waals surface area (Å²) in [5.74, 6) is -0.866. The maximum Gasteiger partial charge on any atom is 0.165 e. The Morgan fingerprint density at radius 1 is 1.10 bits per heavy atom. The third kappa shape index (κ3) is 3.93. The molecule has 0 radical (unpaired) electrons. The van der Waals surface area contributed by atoms with Crippen molar-refractivity contribution in [3.05, 3.63) is 64.2 Å². The molecule has 5 heteroatoms. The van der Waals surface area contributed by atoms with Crippen LogP contribution in [-0.2, 0) is 13.2 Å². The van der Waals surface area contributed by atoms with Crippen molar-refractivity contribution in [2.45, 2.75) is 20.1 Å². The molecule has 0 unspecified atom stereocenters. The van der Waals surface area contributed by atoms with Crippen molar-refractivity contribution in [3.8, 4) is 5.75 Å². The van der Waals surface area contributed by atoms with E-state index in [0.29, 0.717) is 17.7 Å². The number of hydrogen-bond donors (Lipinski definition) is 1. The van der Waals surface area contributed by atoms with Crippen LogP contribution < -0.4 is 10.1 Å². The summed E-state index contributed by atoms with van der Waals surface area (Å²) in [4.78, 5) is 0. The number of benzene rings is 2. The number of ether oxygens (including phenoxy) is 1. The van der Waals surface area contributed by atoms with Crippen molar-refractivity contribution in [1.29, 1.82) is 0 Å². The zero-order chi connectivity index (χ0) is 15.2. The quantitative estimate of drug-likeness (QED) is 0.858. The predicted molar refractivity (Wildman–Crippen MR) is 79.5 cm³/mol. The molecule has 112 valence electrons. The van der Waals surface area contributed by atoms with Gasteiger partial charge < -0.3 is 10.1 Å². The maximum atomic E-state index is 13.9. The first kappa shape index (κ1) is 15.7. The highest BCUT2D eigenvalue weighted by Gasteiger charge is 2.12. The van der Waals surface area contributed by atoms with Crippen LogP contribution in [0.3, 0.4) is 0 Å². The van der Waals surface area contributed by atoms with E-state index in [-0.39, 0.29) is 17.4 Å². The van der Waals surface area contributed by atoms with Gasteiger partial charge >= 0.3 is 0 Å². The van der Waals surface area contributed by atoms with E-state index in [2.05, 4.69) is 5.32 Å². The monoisotopic (exact) mass is 311 g/mol. The molecular formula is C16H16ClF2NO. The first-order valence-corrected chi connectivity index (χ1v) is 7.05. The Bertz CT molecular complexity index is 619. The lowest BCUT2D eigenvalue weighted by Crippen LogP contribution is -2.13. The normalized spacial score (nSPS) is 10.7. The summed E-state index contributed by atoms with van der Waals surface area (Å²) in [5.41, 5.74) is 0.986. The minimum Gasteiger partial charge on any atom is -0.485 e. The van der Waals surface area contributed by atoms with E-state index in [4.69, 9.17) is 16.3 Å². The topological polar surface area (TPSA) is 21.3 Å². The average Bonchev–Trinajstić information content (AvgIpc) is 2.48. The van der Waals surface area contributed by atoms with Gasteiger partial charge in [-0.3, -0.25) is 0 Å². The van der Waals surface area contributed by atoms with Gasteiger partial charge in [0.1, 0.15) is 12.4 Å². The van der Waals surface area contributed by atoms with Gasteiger partial charge in [0.15, 0.2) is 11.6 Å². The Balaban J connectivity index is 2.17. The second-order valence-corrected chi connectivity index (χ2v) is 4.92. The standard InChI is InChI=1S/C16H16ClF2NO/c1-2-20-9-11-5-4-8-14(18)16(11)21-10-12-6-3-7-13(17)15(12)19/h3-8,20H,2,9-10H2,1H3. The Kier molecular flexibility index (Phi) is 5.53. The summed E-state index contributed by atoms with van der Waals surface area (Å²) in [6.45, 7) is 3.13. The SMILES string of the molecule is CCNCc1cccc(F)c1OCc1cccc(Cl)c1F. The Morgan fingerprint density at radius 2 is 1.81 bits per heavy atom. The van der Waals surface area contributed by atoms with Crippen molar-refractivity contribution >= 4 is 11.6 Å². The van der Waals surface area contributed by atoms with E-state index < -0.39 is 11.6 Å². The molecule has 0 aliphatic rings. The largest absolute Gasteiger partial charge is 0.485 e. The molecule has 0 saturated heterocycles. The predicted octanol–water partition coefficient (Wildman–Crippen LogP) is 4.31. The van der Waals surface area contributed by atoms with Crippen LogP contribution in [-0.4, -0.2) is 6.54 Å². The lowest BCUT2D eigenvalue weighted by Gasteiger charge is -2.13. The van der Waals surface area contributed by atoms with Crippen LogP contribution in [0.25, 0.3) is 0 Å². The number of rotatable bonds is 6. The summed E-state index contributed by atoms with van der Waals surface area (Å²) in [7, 11) is 0. The third-order valence-corrected chi connectivity index (χ3v) is 3.31. The fourth-order valence-electron chi connectivity index (χ4n) is 1.92. The van der Waals surface area contributed by atoms with E-state index in [9.17, 15) is 8.78 Å². The van der Waals surface area contributed by atoms with Gasteiger partial charge in [-0.05, 0) is 18.7 Å². The second kappa shape index (κ2) is 7.38. The molecule has 0 bridgehead atoms. The van der Waals surface area contributed by atoms with E-state index in [1.54, 1.807) is 24.3 Å². The lowest BCUT2D eigenvalue weighted by atomic mass is 10.2. The summed E-state index contributed by atoms with van der Waals surface area (Å²) in [6, 6.07) is 9.36.